The highest BCUT2D eigenvalue weighted by molar-refractivity contribution is 7.80. The van der Waals surface area contributed by atoms with E-state index in [4.69, 9.17) is 4.74 Å². The second kappa shape index (κ2) is 7.36. The molecular formula is C12H22OS. The summed E-state index contributed by atoms with van der Waals surface area (Å²) in [5.74, 6) is 1.72. The molecule has 0 aromatic carbocycles. The molecule has 2 heteroatoms. The van der Waals surface area contributed by atoms with Crippen molar-refractivity contribution in [2.45, 2.75) is 45.1 Å². The molecular weight excluding hydrogens is 192 g/mol. The van der Waals surface area contributed by atoms with Gasteiger partial charge in [-0.05, 0) is 18.8 Å². The summed E-state index contributed by atoms with van der Waals surface area (Å²) in [6.07, 6.45) is 11.2. The molecule has 2 atom stereocenters. The van der Waals surface area contributed by atoms with Gasteiger partial charge in [-0.2, -0.15) is 12.6 Å². The van der Waals surface area contributed by atoms with E-state index in [2.05, 4.69) is 25.6 Å². The van der Waals surface area contributed by atoms with E-state index in [0.717, 1.165) is 18.3 Å². The molecule has 0 saturated heterocycles. The van der Waals surface area contributed by atoms with Crippen LogP contribution in [0.3, 0.4) is 0 Å². The fourth-order valence-corrected chi connectivity index (χ4v) is 2.25. The van der Waals surface area contributed by atoms with Crippen LogP contribution in [0.25, 0.3) is 0 Å². The summed E-state index contributed by atoms with van der Waals surface area (Å²) in [7, 11) is 0. The van der Waals surface area contributed by atoms with Crippen LogP contribution >= 0.6 is 12.6 Å². The number of thiol groups is 1. The van der Waals surface area contributed by atoms with Crippen molar-refractivity contribution >= 4 is 12.6 Å². The molecule has 0 bridgehead atoms. The van der Waals surface area contributed by atoms with Crippen LogP contribution in [-0.2, 0) is 4.74 Å². The van der Waals surface area contributed by atoms with E-state index in [1.165, 1.54) is 32.1 Å². The summed E-state index contributed by atoms with van der Waals surface area (Å²) in [5, 5.41) is 0. The van der Waals surface area contributed by atoms with E-state index >= 15 is 0 Å². The second-order valence-electron chi connectivity index (χ2n) is 4.05. The van der Waals surface area contributed by atoms with E-state index in [1.807, 2.05) is 6.08 Å². The van der Waals surface area contributed by atoms with Gasteiger partial charge in [0.25, 0.3) is 0 Å². The van der Waals surface area contributed by atoms with Crippen molar-refractivity contribution in [3.8, 4) is 0 Å². The highest BCUT2D eigenvalue weighted by Gasteiger charge is 2.20. The van der Waals surface area contributed by atoms with Gasteiger partial charge in [0.05, 0.1) is 12.7 Å². The van der Waals surface area contributed by atoms with E-state index in [1.54, 1.807) is 0 Å². The average molecular weight is 214 g/mol. The normalized spacial score (nSPS) is 28.4. The van der Waals surface area contributed by atoms with Gasteiger partial charge in [-0.25, -0.2) is 0 Å². The van der Waals surface area contributed by atoms with E-state index < -0.39 is 0 Å². The summed E-state index contributed by atoms with van der Waals surface area (Å²) in [6, 6.07) is 0. The van der Waals surface area contributed by atoms with Gasteiger partial charge in [0.2, 0.25) is 0 Å². The van der Waals surface area contributed by atoms with Crippen molar-refractivity contribution in [2.75, 3.05) is 12.4 Å². The molecule has 1 aliphatic carbocycles. The van der Waals surface area contributed by atoms with Crippen LogP contribution in [-0.4, -0.2) is 18.5 Å². The highest BCUT2D eigenvalue weighted by Crippen LogP contribution is 2.28. The monoisotopic (exact) mass is 214 g/mol. The lowest BCUT2D eigenvalue weighted by Crippen LogP contribution is -2.22. The zero-order valence-electron chi connectivity index (χ0n) is 9.11. The molecule has 0 aromatic rings. The zero-order valence-corrected chi connectivity index (χ0v) is 10.0. The van der Waals surface area contributed by atoms with Crippen molar-refractivity contribution in [2.24, 2.45) is 5.92 Å². The summed E-state index contributed by atoms with van der Waals surface area (Å²) < 4.78 is 5.80. The molecule has 1 saturated carbocycles. The SMILES string of the molecule is CCC1CCCC(OCC=CCS)C1. The lowest BCUT2D eigenvalue weighted by Gasteiger charge is -2.28. The molecule has 0 spiro atoms. The van der Waals surface area contributed by atoms with Crippen molar-refractivity contribution in [1.82, 2.24) is 0 Å². The first-order valence-corrected chi connectivity index (χ1v) is 6.37. The van der Waals surface area contributed by atoms with Gasteiger partial charge < -0.3 is 4.74 Å². The van der Waals surface area contributed by atoms with Gasteiger partial charge in [0.15, 0.2) is 0 Å². The van der Waals surface area contributed by atoms with Gasteiger partial charge in [0.1, 0.15) is 0 Å². The Morgan fingerprint density at radius 3 is 2.93 bits per heavy atom. The van der Waals surface area contributed by atoms with Crippen LogP contribution in [0, 0.1) is 5.92 Å². The molecule has 2 unspecified atom stereocenters. The number of hydrogen-bond donors (Lipinski definition) is 1. The third-order valence-electron chi connectivity index (χ3n) is 3.01. The predicted octanol–water partition coefficient (Wildman–Crippen LogP) is 3.46. The minimum atomic E-state index is 0.512. The van der Waals surface area contributed by atoms with Crippen LogP contribution in [0.4, 0.5) is 0 Å². The topological polar surface area (TPSA) is 9.23 Å². The lowest BCUT2D eigenvalue weighted by molar-refractivity contribution is 0.0285. The summed E-state index contributed by atoms with van der Waals surface area (Å²) in [6.45, 7) is 3.05. The Morgan fingerprint density at radius 1 is 1.36 bits per heavy atom. The first-order valence-electron chi connectivity index (χ1n) is 5.74. The summed E-state index contributed by atoms with van der Waals surface area (Å²) in [4.78, 5) is 0. The van der Waals surface area contributed by atoms with Crippen LogP contribution in [0.15, 0.2) is 12.2 Å². The van der Waals surface area contributed by atoms with Gasteiger partial charge >= 0.3 is 0 Å². The van der Waals surface area contributed by atoms with Crippen molar-refractivity contribution in [1.29, 1.82) is 0 Å². The van der Waals surface area contributed by atoms with Crippen LogP contribution in [0.2, 0.25) is 0 Å². The Bertz CT molecular complexity index is 168. The molecule has 0 aliphatic heterocycles. The first kappa shape index (κ1) is 12.1. The Labute approximate surface area is 93.3 Å². The quantitative estimate of drug-likeness (QED) is 0.545. The minimum absolute atomic E-state index is 0.512. The molecule has 14 heavy (non-hydrogen) atoms. The Kier molecular flexibility index (Phi) is 6.37. The molecule has 0 heterocycles. The first-order chi connectivity index (χ1) is 6.86. The Hall–Kier alpha value is 0.0500. The number of ether oxygens (including phenoxy) is 1. The standard InChI is InChI=1S/C12H22OS/c1-2-11-6-5-7-12(10-11)13-8-3-4-9-14/h3-4,11-12,14H,2,5-10H2,1H3. The van der Waals surface area contributed by atoms with E-state index in [0.29, 0.717) is 6.10 Å². The third kappa shape index (κ3) is 4.52. The Balaban J connectivity index is 2.14. The van der Waals surface area contributed by atoms with Gasteiger partial charge in [0, 0.05) is 5.75 Å². The summed E-state index contributed by atoms with van der Waals surface area (Å²) >= 11 is 4.11. The summed E-state index contributed by atoms with van der Waals surface area (Å²) in [5.41, 5.74) is 0. The van der Waals surface area contributed by atoms with Crippen LogP contribution in [0.1, 0.15) is 39.0 Å². The fourth-order valence-electron chi connectivity index (χ4n) is 2.10. The predicted molar refractivity (Wildman–Crippen MR) is 65.0 cm³/mol. The maximum absolute atomic E-state index is 5.80. The molecule has 1 rings (SSSR count). The lowest BCUT2D eigenvalue weighted by atomic mass is 9.85. The number of rotatable bonds is 5. The van der Waals surface area contributed by atoms with E-state index in [-0.39, 0.29) is 0 Å². The molecule has 0 N–H and O–H groups in total. The largest absolute Gasteiger partial charge is 0.374 e. The zero-order chi connectivity index (χ0) is 10.2. The van der Waals surface area contributed by atoms with Crippen LogP contribution < -0.4 is 0 Å². The maximum atomic E-state index is 5.80. The average Bonchev–Trinajstić information content (AvgIpc) is 2.25. The molecule has 1 aliphatic rings. The number of hydrogen-bond acceptors (Lipinski definition) is 2. The molecule has 1 nitrogen and oxygen atoms in total. The smallest absolute Gasteiger partial charge is 0.0651 e. The molecule has 1 fully saturated rings. The van der Waals surface area contributed by atoms with Gasteiger partial charge in [-0.15, -0.1) is 0 Å². The second-order valence-corrected chi connectivity index (χ2v) is 4.42. The molecule has 0 aromatic heterocycles. The van der Waals surface area contributed by atoms with Crippen molar-refractivity contribution < 1.29 is 4.74 Å². The minimum Gasteiger partial charge on any atom is -0.374 e. The maximum Gasteiger partial charge on any atom is 0.0651 e. The van der Waals surface area contributed by atoms with Crippen molar-refractivity contribution in [3.05, 3.63) is 12.2 Å². The van der Waals surface area contributed by atoms with Crippen LogP contribution in [0.5, 0.6) is 0 Å². The highest BCUT2D eigenvalue weighted by atomic mass is 32.1. The molecule has 0 radical (unpaired) electrons. The third-order valence-corrected chi connectivity index (χ3v) is 3.22. The van der Waals surface area contributed by atoms with E-state index in [9.17, 15) is 0 Å². The fraction of sp³-hybridized carbons (Fsp3) is 0.833. The van der Waals surface area contributed by atoms with Gasteiger partial charge in [-0.3, -0.25) is 0 Å². The Morgan fingerprint density at radius 2 is 2.21 bits per heavy atom. The molecule has 82 valence electrons. The van der Waals surface area contributed by atoms with Gasteiger partial charge in [-0.1, -0.05) is 38.3 Å². The molecule has 0 amide bonds. The van der Waals surface area contributed by atoms with Crippen molar-refractivity contribution in [3.63, 3.8) is 0 Å².